The Hall–Kier alpha value is -1.95. The topological polar surface area (TPSA) is 87.0 Å². The highest BCUT2D eigenvalue weighted by atomic mass is 16.5. The minimum absolute atomic E-state index is 0.00982. The van der Waals surface area contributed by atoms with Gasteiger partial charge >= 0.3 is 5.97 Å². The van der Waals surface area contributed by atoms with Crippen molar-refractivity contribution in [3.05, 3.63) is 59.2 Å². The molecule has 0 heterocycles. The molecule has 1 aromatic carbocycles. The van der Waals surface area contributed by atoms with Gasteiger partial charge in [-0.05, 0) is 43.2 Å². The first-order chi connectivity index (χ1) is 15.1. The fourth-order valence-electron chi connectivity index (χ4n) is 4.04. The summed E-state index contributed by atoms with van der Waals surface area (Å²) in [6, 6.07) is 8.04. The minimum atomic E-state index is -0.423. The summed E-state index contributed by atoms with van der Waals surface area (Å²) in [6.07, 6.45) is 12.8. The van der Waals surface area contributed by atoms with Gasteiger partial charge in [0.15, 0.2) is 0 Å². The van der Waals surface area contributed by atoms with E-state index in [1.165, 1.54) is 5.57 Å². The Morgan fingerprint density at radius 2 is 1.97 bits per heavy atom. The van der Waals surface area contributed by atoms with E-state index in [0.717, 1.165) is 49.7 Å². The molecule has 172 valence electrons. The molecular weight excluding hydrogens is 392 g/mol. The maximum atomic E-state index is 11.4. The van der Waals surface area contributed by atoms with E-state index < -0.39 is 12.2 Å². The van der Waals surface area contributed by atoms with E-state index in [9.17, 15) is 15.0 Å². The Bertz CT molecular complexity index is 707. The number of ether oxygens (including phenoxy) is 1. The van der Waals surface area contributed by atoms with E-state index in [1.807, 2.05) is 24.3 Å². The molecule has 1 aliphatic carbocycles. The lowest BCUT2D eigenvalue weighted by molar-refractivity contribution is -0.144. The van der Waals surface area contributed by atoms with Crippen molar-refractivity contribution in [2.24, 2.45) is 0 Å². The first kappa shape index (κ1) is 25.3. The van der Waals surface area contributed by atoms with E-state index >= 15 is 0 Å². The van der Waals surface area contributed by atoms with Crippen molar-refractivity contribution < 1.29 is 24.9 Å². The monoisotopic (exact) mass is 430 g/mol. The van der Waals surface area contributed by atoms with Gasteiger partial charge in [-0.25, -0.2) is 0 Å². The van der Waals surface area contributed by atoms with Gasteiger partial charge in [0.05, 0.1) is 18.8 Å². The number of unbranched alkanes of at least 4 members (excludes halogenated alkanes) is 3. The molecule has 0 saturated heterocycles. The van der Waals surface area contributed by atoms with E-state index in [-0.39, 0.29) is 25.1 Å². The number of aliphatic hydroxyl groups is 3. The van der Waals surface area contributed by atoms with Crippen molar-refractivity contribution in [3.63, 3.8) is 0 Å². The van der Waals surface area contributed by atoms with Crippen LogP contribution in [-0.2, 0) is 9.53 Å². The van der Waals surface area contributed by atoms with Crippen LogP contribution in [0.25, 0.3) is 0 Å². The summed E-state index contributed by atoms with van der Waals surface area (Å²) in [7, 11) is 0. The number of carbonyl (C=O) groups excluding carboxylic acids is 1. The van der Waals surface area contributed by atoms with Crippen LogP contribution in [0.1, 0.15) is 87.9 Å². The second-order valence-electron chi connectivity index (χ2n) is 8.25. The third-order valence-corrected chi connectivity index (χ3v) is 5.79. The first-order valence-electron chi connectivity index (χ1n) is 11.6. The second-order valence-corrected chi connectivity index (χ2v) is 8.25. The average molecular weight is 431 g/mol. The van der Waals surface area contributed by atoms with Crippen LogP contribution in [0.5, 0.6) is 0 Å². The zero-order chi connectivity index (χ0) is 22.5. The van der Waals surface area contributed by atoms with Gasteiger partial charge in [-0.2, -0.15) is 0 Å². The summed E-state index contributed by atoms with van der Waals surface area (Å²) in [5, 5.41) is 29.5. The Labute approximate surface area is 186 Å². The highest BCUT2D eigenvalue weighted by Gasteiger charge is 2.28. The normalized spacial score (nSPS) is 19.5. The number of hydrogen-bond acceptors (Lipinski definition) is 5. The van der Waals surface area contributed by atoms with Crippen LogP contribution in [0, 0.1) is 0 Å². The van der Waals surface area contributed by atoms with Crippen LogP contribution < -0.4 is 0 Å². The number of carbonyl (C=O) groups is 1. The molecule has 0 spiro atoms. The number of rotatable bonds is 14. The summed E-state index contributed by atoms with van der Waals surface area (Å²) in [5.41, 5.74) is 3.23. The fourth-order valence-corrected chi connectivity index (χ4v) is 4.04. The number of allylic oxidation sites excluding steroid dienone is 2. The zero-order valence-electron chi connectivity index (χ0n) is 18.7. The molecule has 1 aliphatic rings. The molecule has 3 N–H and O–H groups in total. The third-order valence-electron chi connectivity index (χ3n) is 5.79. The van der Waals surface area contributed by atoms with Gasteiger partial charge in [-0.15, -0.1) is 0 Å². The van der Waals surface area contributed by atoms with Crippen molar-refractivity contribution in [2.45, 2.75) is 82.8 Å². The Kier molecular flexibility index (Phi) is 11.6. The van der Waals surface area contributed by atoms with Crippen molar-refractivity contribution >= 4 is 5.97 Å². The number of aliphatic hydroxyl groups excluding tert-OH is 3. The van der Waals surface area contributed by atoms with Gasteiger partial charge in [0, 0.05) is 12.3 Å². The third kappa shape index (κ3) is 8.60. The molecule has 1 aromatic rings. The molecule has 0 radical (unpaired) electrons. The van der Waals surface area contributed by atoms with Crippen molar-refractivity contribution in [2.75, 3.05) is 13.2 Å². The average Bonchev–Trinajstić information content (AvgIpc) is 3.15. The molecule has 0 bridgehead atoms. The van der Waals surface area contributed by atoms with Crippen LogP contribution in [0.4, 0.5) is 0 Å². The summed E-state index contributed by atoms with van der Waals surface area (Å²) < 4.78 is 4.84. The standard InChI is InChI=1S/C26H38O5/c1-2-3-6-10-23(28)20-12-14-22(15-13-20)26-21(16-17-24(26)29)9-7-4-5-8-11-25(30)31-19-18-27/h4,7,12-16,23-24,26-29H,2-3,5-6,8-11,17-19H2,1H3/b7-4-/t23?,24-,26?/m1/s1. The lowest BCUT2D eigenvalue weighted by Gasteiger charge is -2.20. The van der Waals surface area contributed by atoms with Gasteiger partial charge < -0.3 is 20.1 Å². The quantitative estimate of drug-likeness (QED) is 0.226. The zero-order valence-corrected chi connectivity index (χ0v) is 18.7. The maximum absolute atomic E-state index is 11.4. The lowest BCUT2D eigenvalue weighted by Crippen LogP contribution is -2.14. The molecule has 31 heavy (non-hydrogen) atoms. The molecule has 0 aromatic heterocycles. The van der Waals surface area contributed by atoms with Crippen LogP contribution in [0.15, 0.2) is 48.1 Å². The lowest BCUT2D eigenvalue weighted by atomic mass is 9.88. The first-order valence-corrected chi connectivity index (χ1v) is 11.6. The summed E-state index contributed by atoms with van der Waals surface area (Å²) >= 11 is 0. The highest BCUT2D eigenvalue weighted by Crippen LogP contribution is 2.38. The SMILES string of the molecule is CCCCCC(O)c1ccc(C2C(C/C=C\CCCC(=O)OCCO)=CC[C@H]2O)cc1. The predicted molar refractivity (Wildman–Crippen MR) is 123 cm³/mol. The van der Waals surface area contributed by atoms with Gasteiger partial charge in [0.1, 0.15) is 6.61 Å². The number of hydrogen-bond donors (Lipinski definition) is 3. The molecule has 2 rings (SSSR count). The largest absolute Gasteiger partial charge is 0.463 e. The fraction of sp³-hybridized carbons (Fsp3) is 0.577. The number of esters is 1. The van der Waals surface area contributed by atoms with Crippen molar-refractivity contribution in [1.29, 1.82) is 0 Å². The van der Waals surface area contributed by atoms with Crippen molar-refractivity contribution in [1.82, 2.24) is 0 Å². The van der Waals surface area contributed by atoms with Crippen molar-refractivity contribution in [3.8, 4) is 0 Å². The van der Waals surface area contributed by atoms with E-state index in [2.05, 4.69) is 25.2 Å². The second kappa shape index (κ2) is 14.2. The molecule has 0 saturated carbocycles. The Balaban J connectivity index is 1.83. The molecule has 0 fully saturated rings. The molecule has 5 nitrogen and oxygen atoms in total. The summed E-state index contributed by atoms with van der Waals surface area (Å²) in [6.45, 7) is 2.08. The predicted octanol–water partition coefficient (Wildman–Crippen LogP) is 4.73. The van der Waals surface area contributed by atoms with Gasteiger partial charge in [-0.1, -0.05) is 74.3 Å². The Morgan fingerprint density at radius 1 is 1.19 bits per heavy atom. The smallest absolute Gasteiger partial charge is 0.305 e. The molecule has 0 aliphatic heterocycles. The molecule has 3 atom stereocenters. The van der Waals surface area contributed by atoms with Crippen LogP contribution in [0.3, 0.4) is 0 Å². The van der Waals surface area contributed by atoms with E-state index in [1.54, 1.807) is 0 Å². The van der Waals surface area contributed by atoms with Gasteiger partial charge in [0.25, 0.3) is 0 Å². The number of benzene rings is 1. The molecule has 5 heteroatoms. The van der Waals surface area contributed by atoms with E-state index in [0.29, 0.717) is 19.3 Å². The molecular formula is C26H38O5. The van der Waals surface area contributed by atoms with Gasteiger partial charge in [0.2, 0.25) is 0 Å². The van der Waals surface area contributed by atoms with Gasteiger partial charge in [-0.3, -0.25) is 4.79 Å². The summed E-state index contributed by atoms with van der Waals surface area (Å²) in [5.74, 6) is -0.285. The molecule has 0 amide bonds. The van der Waals surface area contributed by atoms with E-state index in [4.69, 9.17) is 9.84 Å². The Morgan fingerprint density at radius 3 is 2.68 bits per heavy atom. The van der Waals surface area contributed by atoms with Crippen LogP contribution in [0.2, 0.25) is 0 Å². The maximum Gasteiger partial charge on any atom is 0.305 e. The molecule has 2 unspecified atom stereocenters. The minimum Gasteiger partial charge on any atom is -0.463 e. The van der Waals surface area contributed by atoms with Crippen LogP contribution >= 0.6 is 0 Å². The summed E-state index contributed by atoms with van der Waals surface area (Å²) in [4.78, 5) is 11.4. The highest BCUT2D eigenvalue weighted by molar-refractivity contribution is 5.69. The van der Waals surface area contributed by atoms with Crippen LogP contribution in [-0.4, -0.2) is 40.6 Å².